The fourth-order valence-corrected chi connectivity index (χ4v) is 2.64. The highest BCUT2D eigenvalue weighted by molar-refractivity contribution is 6.08. The van der Waals surface area contributed by atoms with Gasteiger partial charge in [0.05, 0.1) is 15.9 Å². The molecule has 0 spiro atoms. The van der Waals surface area contributed by atoms with E-state index >= 15 is 0 Å². The maximum absolute atomic E-state index is 12.5. The van der Waals surface area contributed by atoms with Gasteiger partial charge in [-0.1, -0.05) is 24.3 Å². The Hall–Kier alpha value is -4.60. The summed E-state index contributed by atoms with van der Waals surface area (Å²) in [6.45, 7) is 0. The fraction of sp³-hybridized carbons (Fsp3) is 0. The van der Waals surface area contributed by atoms with Crippen LogP contribution >= 0.6 is 0 Å². The summed E-state index contributed by atoms with van der Waals surface area (Å²) in [6, 6.07) is 17.5. The smallest absolute Gasteiger partial charge is 0.289 e. The highest BCUT2D eigenvalue weighted by atomic mass is 16.6. The maximum Gasteiger partial charge on any atom is 0.289 e. The van der Waals surface area contributed by atoms with E-state index < -0.39 is 27.1 Å². The van der Waals surface area contributed by atoms with Gasteiger partial charge in [0.15, 0.2) is 0 Å². The number of hydrogen-bond acceptors (Lipinski definition) is 6. The minimum absolute atomic E-state index is 0.276. The van der Waals surface area contributed by atoms with Crippen LogP contribution in [0.15, 0.2) is 72.8 Å². The lowest BCUT2D eigenvalue weighted by Gasteiger charge is -2.09. The molecule has 2 N–H and O–H groups in total. The first kappa shape index (κ1) is 20.1. The van der Waals surface area contributed by atoms with Gasteiger partial charge in [-0.05, 0) is 36.4 Å². The van der Waals surface area contributed by atoms with Gasteiger partial charge in [-0.2, -0.15) is 0 Å². The standard InChI is InChI=1S/C20H14N4O6/c25-19(13-5-2-1-3-6-13)21-14-7-4-8-15(11-14)22-20(26)17-10-9-16(23(27)28)12-18(17)24(29)30/h1-12H,(H,21,25)(H,22,26). The van der Waals surface area contributed by atoms with Gasteiger partial charge in [0, 0.05) is 23.0 Å². The van der Waals surface area contributed by atoms with Gasteiger partial charge in [0.25, 0.3) is 23.2 Å². The van der Waals surface area contributed by atoms with Gasteiger partial charge in [0.2, 0.25) is 0 Å². The SMILES string of the molecule is O=C(Nc1cccc(NC(=O)c2ccc([N+](=O)[O-])cc2[N+](=O)[O-])c1)c1ccccc1. The fourth-order valence-electron chi connectivity index (χ4n) is 2.64. The van der Waals surface area contributed by atoms with Crippen LogP contribution in [-0.2, 0) is 0 Å². The number of anilines is 2. The first-order valence-electron chi connectivity index (χ1n) is 8.56. The molecule has 0 saturated carbocycles. The van der Waals surface area contributed by atoms with E-state index in [9.17, 15) is 29.8 Å². The molecular formula is C20H14N4O6. The second kappa shape index (κ2) is 8.61. The molecule has 3 aromatic rings. The molecule has 0 aromatic heterocycles. The van der Waals surface area contributed by atoms with Crippen LogP contribution in [0.1, 0.15) is 20.7 Å². The molecule has 0 aliphatic heterocycles. The number of carbonyl (C=O) groups is 2. The molecule has 3 rings (SSSR count). The van der Waals surface area contributed by atoms with E-state index in [2.05, 4.69) is 10.6 Å². The molecule has 30 heavy (non-hydrogen) atoms. The molecule has 0 aliphatic rings. The molecule has 2 amide bonds. The third-order valence-corrected chi connectivity index (χ3v) is 4.05. The van der Waals surface area contributed by atoms with Gasteiger partial charge in [-0.15, -0.1) is 0 Å². The molecule has 10 nitrogen and oxygen atoms in total. The molecule has 0 atom stereocenters. The second-order valence-electron chi connectivity index (χ2n) is 6.07. The predicted octanol–water partition coefficient (Wildman–Crippen LogP) is 4.01. The van der Waals surface area contributed by atoms with E-state index in [1.54, 1.807) is 42.5 Å². The number of non-ortho nitro benzene ring substituents is 1. The minimum Gasteiger partial charge on any atom is -0.322 e. The van der Waals surface area contributed by atoms with Crippen molar-refractivity contribution in [2.75, 3.05) is 10.6 Å². The average molecular weight is 406 g/mol. The predicted molar refractivity (Wildman–Crippen MR) is 109 cm³/mol. The molecule has 10 heteroatoms. The largest absolute Gasteiger partial charge is 0.322 e. The van der Waals surface area contributed by atoms with Crippen molar-refractivity contribution in [2.45, 2.75) is 0 Å². The van der Waals surface area contributed by atoms with Gasteiger partial charge in [-0.25, -0.2) is 0 Å². The van der Waals surface area contributed by atoms with Crippen LogP contribution in [0.5, 0.6) is 0 Å². The monoisotopic (exact) mass is 406 g/mol. The summed E-state index contributed by atoms with van der Waals surface area (Å²) in [5.41, 5.74) is -0.379. The molecule has 0 radical (unpaired) electrons. The average Bonchev–Trinajstić information content (AvgIpc) is 2.74. The summed E-state index contributed by atoms with van der Waals surface area (Å²) < 4.78 is 0. The van der Waals surface area contributed by atoms with E-state index in [1.165, 1.54) is 12.1 Å². The Bertz CT molecular complexity index is 1150. The number of nitro benzene ring substituents is 2. The van der Waals surface area contributed by atoms with Crippen molar-refractivity contribution in [1.82, 2.24) is 0 Å². The van der Waals surface area contributed by atoms with Crippen LogP contribution in [0, 0.1) is 20.2 Å². The van der Waals surface area contributed by atoms with E-state index in [-0.39, 0.29) is 17.2 Å². The lowest BCUT2D eigenvalue weighted by molar-refractivity contribution is -0.394. The number of nitrogens with one attached hydrogen (secondary N) is 2. The topological polar surface area (TPSA) is 144 Å². The van der Waals surface area contributed by atoms with Gasteiger partial charge in [-0.3, -0.25) is 29.8 Å². The molecule has 0 aliphatic carbocycles. The van der Waals surface area contributed by atoms with Crippen molar-refractivity contribution >= 4 is 34.6 Å². The number of rotatable bonds is 6. The van der Waals surface area contributed by atoms with Crippen molar-refractivity contribution in [1.29, 1.82) is 0 Å². The van der Waals surface area contributed by atoms with Crippen LogP contribution in [0.3, 0.4) is 0 Å². The van der Waals surface area contributed by atoms with Crippen LogP contribution in [0.25, 0.3) is 0 Å². The van der Waals surface area contributed by atoms with E-state index in [0.717, 1.165) is 18.2 Å². The summed E-state index contributed by atoms with van der Waals surface area (Å²) in [5, 5.41) is 27.2. The quantitative estimate of drug-likeness (QED) is 0.467. The Balaban J connectivity index is 1.79. The van der Waals surface area contributed by atoms with Gasteiger partial charge < -0.3 is 10.6 Å². The zero-order valence-corrected chi connectivity index (χ0v) is 15.3. The molecule has 0 bridgehead atoms. The highest BCUT2D eigenvalue weighted by Gasteiger charge is 2.24. The van der Waals surface area contributed by atoms with Crippen molar-refractivity contribution < 1.29 is 19.4 Å². The van der Waals surface area contributed by atoms with Crippen LogP contribution in [0.2, 0.25) is 0 Å². The molecule has 0 saturated heterocycles. The third-order valence-electron chi connectivity index (χ3n) is 4.05. The number of benzene rings is 3. The van der Waals surface area contributed by atoms with Crippen LogP contribution < -0.4 is 10.6 Å². The summed E-state index contributed by atoms with van der Waals surface area (Å²) in [4.78, 5) is 45.1. The molecule has 0 unspecified atom stereocenters. The zero-order chi connectivity index (χ0) is 21.7. The molecule has 150 valence electrons. The molecule has 0 heterocycles. The zero-order valence-electron chi connectivity index (χ0n) is 15.3. The number of nitro groups is 2. The van der Waals surface area contributed by atoms with E-state index in [4.69, 9.17) is 0 Å². The third kappa shape index (κ3) is 4.62. The first-order valence-corrected chi connectivity index (χ1v) is 8.56. The lowest BCUT2D eigenvalue weighted by Crippen LogP contribution is -2.15. The van der Waals surface area contributed by atoms with Crippen molar-refractivity contribution in [3.8, 4) is 0 Å². The van der Waals surface area contributed by atoms with Crippen LogP contribution in [-0.4, -0.2) is 21.7 Å². The first-order chi connectivity index (χ1) is 14.3. The Kier molecular flexibility index (Phi) is 5.78. The Morgan fingerprint density at radius 3 is 1.93 bits per heavy atom. The summed E-state index contributed by atoms with van der Waals surface area (Å²) in [7, 11) is 0. The summed E-state index contributed by atoms with van der Waals surface area (Å²) in [6.07, 6.45) is 0. The van der Waals surface area contributed by atoms with Gasteiger partial charge >= 0.3 is 0 Å². The number of carbonyl (C=O) groups excluding carboxylic acids is 2. The van der Waals surface area contributed by atoms with Crippen LogP contribution in [0.4, 0.5) is 22.7 Å². The Morgan fingerprint density at radius 2 is 1.33 bits per heavy atom. The van der Waals surface area contributed by atoms with Crippen molar-refractivity contribution in [3.05, 3.63) is 104 Å². The molecular weight excluding hydrogens is 392 g/mol. The highest BCUT2D eigenvalue weighted by Crippen LogP contribution is 2.26. The Morgan fingerprint density at radius 1 is 0.700 bits per heavy atom. The normalized spacial score (nSPS) is 10.1. The van der Waals surface area contributed by atoms with Crippen molar-refractivity contribution in [2.24, 2.45) is 0 Å². The second-order valence-corrected chi connectivity index (χ2v) is 6.07. The van der Waals surface area contributed by atoms with Gasteiger partial charge in [0.1, 0.15) is 5.56 Å². The summed E-state index contributed by atoms with van der Waals surface area (Å²) >= 11 is 0. The minimum atomic E-state index is -0.863. The summed E-state index contributed by atoms with van der Waals surface area (Å²) in [5.74, 6) is -1.16. The Labute approximate surface area is 169 Å². The molecule has 0 fully saturated rings. The van der Waals surface area contributed by atoms with E-state index in [1.807, 2.05) is 0 Å². The maximum atomic E-state index is 12.5. The number of hydrogen-bond donors (Lipinski definition) is 2. The molecule has 3 aromatic carbocycles. The lowest BCUT2D eigenvalue weighted by atomic mass is 10.1. The van der Waals surface area contributed by atoms with Crippen molar-refractivity contribution in [3.63, 3.8) is 0 Å². The number of nitrogens with zero attached hydrogens (tertiary/aromatic N) is 2. The number of amides is 2. The van der Waals surface area contributed by atoms with E-state index in [0.29, 0.717) is 11.3 Å².